The number of carboxylic acid groups (broad SMARTS) is 1. The third-order valence-electron chi connectivity index (χ3n) is 8.02. The lowest BCUT2D eigenvalue weighted by Gasteiger charge is -2.28. The first kappa shape index (κ1) is 25.9. The zero-order chi connectivity index (χ0) is 28.3. The van der Waals surface area contributed by atoms with Crippen LogP contribution >= 0.6 is 0 Å². The number of benzene rings is 2. The van der Waals surface area contributed by atoms with Gasteiger partial charge in [0.05, 0.1) is 11.1 Å². The number of rotatable bonds is 2. The predicted molar refractivity (Wildman–Crippen MR) is 142 cm³/mol. The van der Waals surface area contributed by atoms with Crippen LogP contribution in [0.25, 0.3) is 33.0 Å². The van der Waals surface area contributed by atoms with E-state index in [-0.39, 0.29) is 11.8 Å². The summed E-state index contributed by atoms with van der Waals surface area (Å²) in [4.78, 5) is 35.5. The van der Waals surface area contributed by atoms with Gasteiger partial charge < -0.3 is 19.6 Å². The fourth-order valence-electron chi connectivity index (χ4n) is 6.27. The minimum Gasteiger partial charge on any atom is -0.475 e. The molecule has 0 unspecified atom stereocenters. The Balaban J connectivity index is 0.000000370. The number of amides is 2. The number of carbonyl (C=O) groups excluding carboxylic acids is 2. The first-order chi connectivity index (χ1) is 19.1. The van der Waals surface area contributed by atoms with Gasteiger partial charge in [-0.25, -0.2) is 4.79 Å². The monoisotopic (exact) mass is 550 g/mol. The van der Waals surface area contributed by atoms with Crippen molar-refractivity contribution in [2.24, 2.45) is 18.9 Å². The first-order valence-corrected chi connectivity index (χ1v) is 12.8. The van der Waals surface area contributed by atoms with E-state index in [1.54, 1.807) is 0 Å². The molecule has 206 valence electrons. The minimum atomic E-state index is -5.08. The molecule has 4 aromatic rings. The van der Waals surface area contributed by atoms with E-state index in [2.05, 4.69) is 33.4 Å². The third-order valence-corrected chi connectivity index (χ3v) is 8.02. The van der Waals surface area contributed by atoms with E-state index < -0.39 is 12.1 Å². The molecule has 0 radical (unpaired) electrons. The Morgan fingerprint density at radius 3 is 2.23 bits per heavy atom. The second kappa shape index (κ2) is 9.37. The summed E-state index contributed by atoms with van der Waals surface area (Å²) in [5, 5.41) is 15.3. The molecule has 0 bridgehead atoms. The van der Waals surface area contributed by atoms with Crippen molar-refractivity contribution in [2.75, 3.05) is 13.1 Å². The molecule has 1 saturated heterocycles. The smallest absolute Gasteiger partial charge is 0.475 e. The number of alkyl halides is 3. The maximum atomic E-state index is 13.3. The highest BCUT2D eigenvalue weighted by atomic mass is 19.4. The number of nitrogens with zero attached hydrogens (tertiary/aromatic N) is 2. The summed E-state index contributed by atoms with van der Waals surface area (Å²) in [7, 11) is 1.98. The number of nitrogens with one attached hydrogen (secondary N) is 2. The molecule has 8 nitrogen and oxygen atoms in total. The number of imide groups is 1. The molecule has 40 heavy (non-hydrogen) atoms. The fourth-order valence-corrected chi connectivity index (χ4v) is 6.27. The van der Waals surface area contributed by atoms with E-state index in [9.17, 15) is 22.8 Å². The predicted octanol–water partition coefficient (Wildman–Crippen LogP) is 3.73. The van der Waals surface area contributed by atoms with Crippen molar-refractivity contribution in [3.05, 3.63) is 71.5 Å². The normalized spacial score (nSPS) is 20.4. The molecule has 0 spiro atoms. The van der Waals surface area contributed by atoms with Crippen LogP contribution in [0.4, 0.5) is 13.2 Å². The summed E-state index contributed by atoms with van der Waals surface area (Å²) < 4.78 is 36.1. The summed E-state index contributed by atoms with van der Waals surface area (Å²) in [6, 6.07) is 16.3. The van der Waals surface area contributed by atoms with Crippen molar-refractivity contribution >= 4 is 50.7 Å². The Morgan fingerprint density at radius 1 is 0.925 bits per heavy atom. The Kier molecular flexibility index (Phi) is 6.06. The van der Waals surface area contributed by atoms with Crippen molar-refractivity contribution < 1.29 is 32.7 Å². The van der Waals surface area contributed by atoms with Gasteiger partial charge in [-0.15, -0.1) is 0 Å². The van der Waals surface area contributed by atoms with Gasteiger partial charge in [0.1, 0.15) is 0 Å². The van der Waals surface area contributed by atoms with Crippen molar-refractivity contribution in [2.45, 2.75) is 19.1 Å². The molecule has 11 heteroatoms. The molecule has 2 atom stereocenters. The summed E-state index contributed by atoms with van der Waals surface area (Å²) in [6.07, 6.45) is -2.20. The lowest BCUT2D eigenvalue weighted by Crippen LogP contribution is -2.28. The van der Waals surface area contributed by atoms with E-state index in [1.165, 1.54) is 5.69 Å². The number of aromatic nitrogens is 2. The van der Waals surface area contributed by atoms with Crippen LogP contribution in [0.15, 0.2) is 54.7 Å². The van der Waals surface area contributed by atoms with Gasteiger partial charge in [0.15, 0.2) is 0 Å². The van der Waals surface area contributed by atoms with Gasteiger partial charge in [0.2, 0.25) is 0 Å². The van der Waals surface area contributed by atoms with Gasteiger partial charge in [0.25, 0.3) is 11.8 Å². The molecule has 3 N–H and O–H groups in total. The Bertz CT molecular complexity index is 1750. The molecule has 2 aromatic carbocycles. The quantitative estimate of drug-likeness (QED) is 0.330. The molecular formula is C29H25F3N4O4. The minimum absolute atomic E-state index is 0.297. The van der Waals surface area contributed by atoms with E-state index in [0.29, 0.717) is 23.0 Å². The lowest BCUT2D eigenvalue weighted by molar-refractivity contribution is -0.192. The summed E-state index contributed by atoms with van der Waals surface area (Å²) >= 11 is 0. The number of hydrogen-bond acceptors (Lipinski definition) is 4. The van der Waals surface area contributed by atoms with Crippen LogP contribution < -0.4 is 10.6 Å². The fraction of sp³-hybridized carbons (Fsp3) is 0.276. The summed E-state index contributed by atoms with van der Waals surface area (Å²) in [6.45, 7) is 2.99. The Morgan fingerprint density at radius 2 is 1.52 bits per heavy atom. The molecule has 1 fully saturated rings. The van der Waals surface area contributed by atoms with Gasteiger partial charge in [-0.2, -0.15) is 13.2 Å². The highest BCUT2D eigenvalue weighted by Crippen LogP contribution is 2.44. The van der Waals surface area contributed by atoms with Crippen molar-refractivity contribution in [3.8, 4) is 0 Å². The number of aryl methyl sites for hydroxylation is 1. The molecule has 3 aliphatic rings. The van der Waals surface area contributed by atoms with Crippen LogP contribution in [0.1, 0.15) is 16.8 Å². The van der Waals surface area contributed by atoms with E-state index >= 15 is 0 Å². The molecule has 0 saturated carbocycles. The number of carbonyl (C=O) groups is 3. The van der Waals surface area contributed by atoms with E-state index in [0.717, 1.165) is 59.0 Å². The molecule has 0 aliphatic carbocycles. The SMILES string of the molecule is Cn1cc(C2=C(c3c4n(c5ccccc35)C[C@H]3CNC[C@H]3C4)C(=O)NC2=O)c2ccccc21.O=C(O)C(F)(F)F. The average molecular weight is 551 g/mol. The highest BCUT2D eigenvalue weighted by molar-refractivity contribution is 6.51. The Labute approximate surface area is 226 Å². The van der Waals surface area contributed by atoms with Crippen LogP contribution in [-0.4, -0.2) is 51.3 Å². The second-order valence-electron chi connectivity index (χ2n) is 10.3. The van der Waals surface area contributed by atoms with E-state index in [4.69, 9.17) is 9.90 Å². The number of carboxylic acids is 1. The molecule has 7 rings (SSSR count). The van der Waals surface area contributed by atoms with Gasteiger partial charge in [-0.1, -0.05) is 36.4 Å². The topological polar surface area (TPSA) is 105 Å². The zero-order valence-electron chi connectivity index (χ0n) is 21.4. The second-order valence-corrected chi connectivity index (χ2v) is 10.3. The number of halogens is 3. The van der Waals surface area contributed by atoms with Gasteiger partial charge in [0, 0.05) is 58.4 Å². The number of fused-ring (bicyclic) bond motifs is 5. The van der Waals surface area contributed by atoms with Crippen LogP contribution in [0, 0.1) is 11.8 Å². The van der Waals surface area contributed by atoms with Gasteiger partial charge in [-0.05, 0) is 43.5 Å². The van der Waals surface area contributed by atoms with Crippen molar-refractivity contribution in [1.29, 1.82) is 0 Å². The number of para-hydroxylation sites is 2. The van der Waals surface area contributed by atoms with Crippen LogP contribution in [0.2, 0.25) is 0 Å². The molecule has 5 heterocycles. The molecule has 2 amide bonds. The van der Waals surface area contributed by atoms with Crippen LogP contribution in [-0.2, 0) is 34.4 Å². The summed E-state index contributed by atoms with van der Waals surface area (Å²) in [5.41, 5.74) is 6.11. The van der Waals surface area contributed by atoms with Crippen molar-refractivity contribution in [1.82, 2.24) is 19.8 Å². The van der Waals surface area contributed by atoms with Crippen molar-refractivity contribution in [3.63, 3.8) is 0 Å². The third kappa shape index (κ3) is 4.08. The summed E-state index contributed by atoms with van der Waals surface area (Å²) in [5.74, 6) is -2.21. The number of aliphatic carboxylic acids is 1. The number of hydrogen-bond donors (Lipinski definition) is 3. The van der Waals surface area contributed by atoms with Gasteiger partial charge >= 0.3 is 12.1 Å². The first-order valence-electron chi connectivity index (χ1n) is 12.8. The highest BCUT2D eigenvalue weighted by Gasteiger charge is 2.41. The van der Waals surface area contributed by atoms with Gasteiger partial charge in [-0.3, -0.25) is 14.9 Å². The maximum absolute atomic E-state index is 13.3. The maximum Gasteiger partial charge on any atom is 0.490 e. The standard InChI is InChI=1S/C27H24N4O2.C2HF3O2/c1-30-14-19(17-6-2-4-8-20(17)30)24-25(27(33)29-26(24)32)23-18-7-3-5-9-21(18)31-13-16-12-28-11-15(16)10-22(23)31;3-2(4,5)1(6)7/h2-9,14-16,28H,10-13H2,1H3,(H,29,32,33);(H,6,7)/t15-,16-;/m1./s1. The average Bonchev–Trinajstić information content (AvgIpc) is 3.65. The lowest BCUT2D eigenvalue weighted by atomic mass is 9.85. The Hall–Kier alpha value is -4.38. The zero-order valence-corrected chi connectivity index (χ0v) is 21.4. The molecule has 3 aliphatic heterocycles. The van der Waals surface area contributed by atoms with Crippen LogP contribution in [0.5, 0.6) is 0 Å². The largest absolute Gasteiger partial charge is 0.490 e. The molecular weight excluding hydrogens is 525 g/mol. The van der Waals surface area contributed by atoms with E-state index in [1.807, 2.05) is 48.1 Å². The molecule has 2 aromatic heterocycles. The van der Waals surface area contributed by atoms with Crippen LogP contribution in [0.3, 0.4) is 0 Å².